The maximum absolute atomic E-state index is 3.48. The second kappa shape index (κ2) is 3.22. The normalized spacial score (nSPS) is 40.5. The number of rotatable bonds is 1. The van der Waals surface area contributed by atoms with Crippen LogP contribution >= 0.6 is 11.8 Å². The van der Waals surface area contributed by atoms with E-state index in [2.05, 4.69) is 30.9 Å². The number of hydrogen-bond acceptors (Lipinski definition) is 2. The molecular weight excluding hydrogens is 166 g/mol. The van der Waals surface area contributed by atoms with Gasteiger partial charge >= 0.3 is 0 Å². The molecule has 70 valence electrons. The zero-order valence-electron chi connectivity index (χ0n) is 8.10. The Kier molecular flexibility index (Phi) is 2.39. The maximum atomic E-state index is 3.48. The van der Waals surface area contributed by atoms with Crippen molar-refractivity contribution < 1.29 is 0 Å². The zero-order valence-corrected chi connectivity index (χ0v) is 8.91. The van der Waals surface area contributed by atoms with Crippen molar-refractivity contribution in [3.05, 3.63) is 0 Å². The van der Waals surface area contributed by atoms with Gasteiger partial charge < -0.3 is 5.32 Å². The van der Waals surface area contributed by atoms with Crippen molar-refractivity contribution >= 4 is 11.8 Å². The van der Waals surface area contributed by atoms with Crippen LogP contribution in [0.15, 0.2) is 0 Å². The molecule has 1 N–H and O–H groups in total. The van der Waals surface area contributed by atoms with Crippen LogP contribution in [0.4, 0.5) is 0 Å². The SMILES string of the molecule is CC1(C)SCCC1C1CCNC1. The van der Waals surface area contributed by atoms with E-state index in [0.717, 1.165) is 11.8 Å². The lowest BCUT2D eigenvalue weighted by Gasteiger charge is -2.30. The molecule has 0 aromatic heterocycles. The Morgan fingerprint density at radius 1 is 1.33 bits per heavy atom. The molecule has 2 fully saturated rings. The van der Waals surface area contributed by atoms with Crippen LogP contribution in [0, 0.1) is 11.8 Å². The minimum absolute atomic E-state index is 0.552. The average Bonchev–Trinajstić information content (AvgIpc) is 2.55. The van der Waals surface area contributed by atoms with Crippen molar-refractivity contribution in [3.8, 4) is 0 Å². The van der Waals surface area contributed by atoms with Gasteiger partial charge in [-0.15, -0.1) is 0 Å². The topological polar surface area (TPSA) is 12.0 Å². The summed E-state index contributed by atoms with van der Waals surface area (Å²) in [6.07, 6.45) is 2.86. The van der Waals surface area contributed by atoms with Crippen molar-refractivity contribution in [1.29, 1.82) is 0 Å². The average molecular weight is 185 g/mol. The fourth-order valence-corrected chi connectivity index (χ4v) is 4.15. The molecule has 2 heterocycles. The first-order chi connectivity index (χ1) is 5.70. The van der Waals surface area contributed by atoms with Crippen molar-refractivity contribution in [3.63, 3.8) is 0 Å². The molecule has 0 aliphatic carbocycles. The Bertz CT molecular complexity index is 161. The molecule has 0 aromatic carbocycles. The van der Waals surface area contributed by atoms with Gasteiger partial charge in [0.05, 0.1) is 0 Å². The second-order valence-corrected chi connectivity index (χ2v) is 6.35. The molecule has 0 aromatic rings. The summed E-state index contributed by atoms with van der Waals surface area (Å²) in [5.41, 5.74) is 0. The van der Waals surface area contributed by atoms with Crippen molar-refractivity contribution in [2.24, 2.45) is 11.8 Å². The molecule has 2 aliphatic heterocycles. The maximum Gasteiger partial charge on any atom is 0.0135 e. The van der Waals surface area contributed by atoms with Gasteiger partial charge in [-0.1, -0.05) is 13.8 Å². The van der Waals surface area contributed by atoms with Crippen molar-refractivity contribution in [2.45, 2.75) is 31.4 Å². The van der Waals surface area contributed by atoms with Crippen LogP contribution in [0.1, 0.15) is 26.7 Å². The highest BCUT2D eigenvalue weighted by molar-refractivity contribution is 8.00. The number of hydrogen-bond donors (Lipinski definition) is 1. The quantitative estimate of drug-likeness (QED) is 0.671. The van der Waals surface area contributed by atoms with E-state index in [1.165, 1.54) is 31.7 Å². The highest BCUT2D eigenvalue weighted by Crippen LogP contribution is 2.47. The summed E-state index contributed by atoms with van der Waals surface area (Å²) in [6, 6.07) is 0. The van der Waals surface area contributed by atoms with Crippen LogP contribution in [0.2, 0.25) is 0 Å². The molecule has 0 saturated carbocycles. The molecule has 2 atom stereocenters. The molecule has 0 bridgehead atoms. The Labute approximate surface area is 79.7 Å². The van der Waals surface area contributed by atoms with Crippen LogP contribution in [-0.4, -0.2) is 23.6 Å². The van der Waals surface area contributed by atoms with E-state index in [4.69, 9.17) is 0 Å². The Morgan fingerprint density at radius 2 is 2.17 bits per heavy atom. The number of nitrogens with one attached hydrogen (secondary N) is 1. The third kappa shape index (κ3) is 1.51. The molecule has 0 spiro atoms. The van der Waals surface area contributed by atoms with E-state index in [1.54, 1.807) is 0 Å². The molecule has 0 amide bonds. The van der Waals surface area contributed by atoms with Gasteiger partial charge in [0.2, 0.25) is 0 Å². The smallest absolute Gasteiger partial charge is 0.0135 e. The first-order valence-electron chi connectivity index (χ1n) is 5.05. The predicted octanol–water partition coefficient (Wildman–Crippen LogP) is 2.13. The first-order valence-corrected chi connectivity index (χ1v) is 6.03. The summed E-state index contributed by atoms with van der Waals surface area (Å²) in [5.74, 6) is 3.32. The van der Waals surface area contributed by atoms with Crippen molar-refractivity contribution in [2.75, 3.05) is 18.8 Å². The third-order valence-corrected chi connectivity index (χ3v) is 4.95. The molecule has 0 radical (unpaired) electrons. The molecule has 2 saturated heterocycles. The minimum Gasteiger partial charge on any atom is -0.316 e. The largest absolute Gasteiger partial charge is 0.316 e. The van der Waals surface area contributed by atoms with Gasteiger partial charge in [-0.25, -0.2) is 0 Å². The molecule has 2 heteroatoms. The van der Waals surface area contributed by atoms with Crippen LogP contribution in [0.25, 0.3) is 0 Å². The van der Waals surface area contributed by atoms with Gasteiger partial charge in [0.15, 0.2) is 0 Å². The Hall–Kier alpha value is 0.310. The van der Waals surface area contributed by atoms with E-state index >= 15 is 0 Å². The predicted molar refractivity (Wildman–Crippen MR) is 55.6 cm³/mol. The lowest BCUT2D eigenvalue weighted by molar-refractivity contribution is 0.304. The molecule has 2 unspecified atom stereocenters. The molecule has 2 rings (SSSR count). The second-order valence-electron chi connectivity index (χ2n) is 4.60. The van der Waals surface area contributed by atoms with E-state index in [9.17, 15) is 0 Å². The molecule has 2 aliphatic rings. The van der Waals surface area contributed by atoms with E-state index in [1.807, 2.05) is 0 Å². The summed E-state index contributed by atoms with van der Waals surface area (Å²) < 4.78 is 0.552. The zero-order chi connectivity index (χ0) is 8.60. The highest BCUT2D eigenvalue weighted by Gasteiger charge is 2.40. The molecule has 1 nitrogen and oxygen atoms in total. The van der Waals surface area contributed by atoms with Gasteiger partial charge in [0.25, 0.3) is 0 Å². The molecular formula is C10H19NS. The van der Waals surface area contributed by atoms with Crippen molar-refractivity contribution in [1.82, 2.24) is 5.32 Å². The van der Waals surface area contributed by atoms with Gasteiger partial charge in [-0.2, -0.15) is 11.8 Å². The van der Waals surface area contributed by atoms with Crippen LogP contribution in [0.3, 0.4) is 0 Å². The summed E-state index contributed by atoms with van der Waals surface area (Å²) in [4.78, 5) is 0. The van der Waals surface area contributed by atoms with E-state index < -0.39 is 0 Å². The van der Waals surface area contributed by atoms with Gasteiger partial charge in [-0.05, 0) is 43.5 Å². The van der Waals surface area contributed by atoms with Crippen LogP contribution < -0.4 is 5.32 Å². The monoisotopic (exact) mass is 185 g/mol. The fourth-order valence-electron chi connectivity index (χ4n) is 2.73. The summed E-state index contributed by atoms with van der Waals surface area (Å²) in [5, 5.41) is 3.48. The number of thioether (sulfide) groups is 1. The van der Waals surface area contributed by atoms with Gasteiger partial charge in [-0.3, -0.25) is 0 Å². The van der Waals surface area contributed by atoms with E-state index in [0.29, 0.717) is 4.75 Å². The van der Waals surface area contributed by atoms with E-state index in [-0.39, 0.29) is 0 Å². The summed E-state index contributed by atoms with van der Waals surface area (Å²) in [7, 11) is 0. The standard InChI is InChI=1S/C10H19NS/c1-10(2)9(4-6-12-10)8-3-5-11-7-8/h8-9,11H,3-7H2,1-2H3. The van der Waals surface area contributed by atoms with Gasteiger partial charge in [0.1, 0.15) is 0 Å². The molecule has 12 heavy (non-hydrogen) atoms. The highest BCUT2D eigenvalue weighted by atomic mass is 32.2. The Morgan fingerprint density at radius 3 is 2.67 bits per heavy atom. The lowest BCUT2D eigenvalue weighted by Crippen LogP contribution is -2.30. The fraction of sp³-hybridized carbons (Fsp3) is 1.00. The summed E-state index contributed by atoms with van der Waals surface area (Å²) >= 11 is 2.17. The van der Waals surface area contributed by atoms with Crippen LogP contribution in [-0.2, 0) is 0 Å². The van der Waals surface area contributed by atoms with Gasteiger partial charge in [0, 0.05) is 4.75 Å². The first kappa shape index (κ1) is 8.89. The van der Waals surface area contributed by atoms with Crippen LogP contribution in [0.5, 0.6) is 0 Å². The third-order valence-electron chi connectivity index (χ3n) is 3.46. The summed E-state index contributed by atoms with van der Waals surface area (Å²) in [6.45, 7) is 7.37. The lowest BCUT2D eigenvalue weighted by atomic mass is 9.81. The minimum atomic E-state index is 0.552. The Balaban J connectivity index is 2.02.